The van der Waals surface area contributed by atoms with E-state index < -0.39 is 12.0 Å². The molecule has 0 spiro atoms. The maximum atomic E-state index is 13.1. The van der Waals surface area contributed by atoms with Crippen molar-refractivity contribution in [2.75, 3.05) is 7.11 Å². The summed E-state index contributed by atoms with van der Waals surface area (Å²) in [7, 11) is 1.30. The lowest BCUT2D eigenvalue weighted by Crippen LogP contribution is -2.32. The SMILES string of the molecule is COC(=O)CC(NC(=O)CCn1cnc2sc3c(c2c1=O)CCCC3)c1ccccc1Cl. The fourth-order valence-electron chi connectivity index (χ4n) is 4.08. The zero-order valence-corrected chi connectivity index (χ0v) is 19.3. The Morgan fingerprint density at radius 1 is 1.28 bits per heavy atom. The van der Waals surface area contributed by atoms with Crippen LogP contribution in [0.5, 0.6) is 0 Å². The highest BCUT2D eigenvalue weighted by molar-refractivity contribution is 7.18. The second kappa shape index (κ2) is 9.83. The first-order valence-corrected chi connectivity index (χ1v) is 11.8. The van der Waals surface area contributed by atoms with Crippen LogP contribution in [-0.4, -0.2) is 28.5 Å². The number of rotatable bonds is 7. The van der Waals surface area contributed by atoms with Gasteiger partial charge in [-0.1, -0.05) is 29.8 Å². The minimum atomic E-state index is -0.620. The van der Waals surface area contributed by atoms with Gasteiger partial charge >= 0.3 is 5.97 Å². The average Bonchev–Trinajstić information content (AvgIpc) is 3.18. The number of esters is 1. The smallest absolute Gasteiger partial charge is 0.307 e. The molecule has 168 valence electrons. The van der Waals surface area contributed by atoms with Gasteiger partial charge in [-0.05, 0) is 42.9 Å². The Labute approximate surface area is 194 Å². The highest BCUT2D eigenvalue weighted by Gasteiger charge is 2.22. The summed E-state index contributed by atoms with van der Waals surface area (Å²) in [5.41, 5.74) is 1.67. The van der Waals surface area contributed by atoms with Gasteiger partial charge in [0.2, 0.25) is 5.91 Å². The van der Waals surface area contributed by atoms with E-state index in [1.54, 1.807) is 35.6 Å². The molecule has 1 amide bonds. The Kier molecular flexibility index (Phi) is 6.91. The number of hydrogen-bond acceptors (Lipinski definition) is 6. The first-order chi connectivity index (χ1) is 15.5. The molecule has 0 bridgehead atoms. The van der Waals surface area contributed by atoms with Crippen molar-refractivity contribution in [3.63, 3.8) is 0 Å². The van der Waals surface area contributed by atoms with Gasteiger partial charge in [0, 0.05) is 22.9 Å². The predicted molar refractivity (Wildman–Crippen MR) is 124 cm³/mol. The summed E-state index contributed by atoms with van der Waals surface area (Å²) in [6, 6.07) is 6.42. The van der Waals surface area contributed by atoms with Crippen LogP contribution in [0.4, 0.5) is 0 Å². The van der Waals surface area contributed by atoms with E-state index in [1.807, 2.05) is 0 Å². The van der Waals surface area contributed by atoms with Crippen LogP contribution in [0.3, 0.4) is 0 Å². The number of aromatic nitrogens is 2. The summed E-state index contributed by atoms with van der Waals surface area (Å²) in [5, 5.41) is 4.01. The summed E-state index contributed by atoms with van der Waals surface area (Å²) < 4.78 is 6.26. The highest BCUT2D eigenvalue weighted by Crippen LogP contribution is 2.33. The Bertz CT molecular complexity index is 1220. The lowest BCUT2D eigenvalue weighted by Gasteiger charge is -2.19. The van der Waals surface area contributed by atoms with Crippen LogP contribution in [0.1, 0.15) is 47.7 Å². The molecule has 0 radical (unpaired) electrons. The van der Waals surface area contributed by atoms with Gasteiger partial charge in [-0.25, -0.2) is 4.98 Å². The standard InChI is InChI=1S/C23H24ClN3O4S/c1-31-20(29)12-17(14-6-2-4-8-16(14)24)26-19(28)10-11-27-13-25-22-21(23(27)30)15-7-3-5-9-18(15)32-22/h2,4,6,8,13,17H,3,5,7,9-12H2,1H3,(H,26,28). The largest absolute Gasteiger partial charge is 0.469 e. The van der Waals surface area contributed by atoms with E-state index in [2.05, 4.69) is 10.3 Å². The van der Waals surface area contributed by atoms with Gasteiger partial charge in [0.05, 0.1) is 31.3 Å². The molecule has 7 nitrogen and oxygen atoms in total. The number of nitrogens with zero attached hydrogens (tertiary/aromatic N) is 2. The van der Waals surface area contributed by atoms with Crippen LogP contribution in [0.2, 0.25) is 5.02 Å². The van der Waals surface area contributed by atoms with Crippen LogP contribution in [0.25, 0.3) is 10.2 Å². The molecule has 1 aromatic carbocycles. The zero-order chi connectivity index (χ0) is 22.7. The number of carbonyl (C=O) groups is 2. The number of nitrogens with one attached hydrogen (secondary N) is 1. The van der Waals surface area contributed by atoms with E-state index in [0.29, 0.717) is 16.0 Å². The van der Waals surface area contributed by atoms with Crippen LogP contribution in [-0.2, 0) is 33.7 Å². The third-order valence-corrected chi connectivity index (χ3v) is 7.28. The van der Waals surface area contributed by atoms with Gasteiger partial charge in [-0.3, -0.25) is 19.0 Å². The molecule has 0 fully saturated rings. The Hall–Kier alpha value is -2.71. The molecule has 2 heterocycles. The van der Waals surface area contributed by atoms with Gasteiger partial charge in [-0.2, -0.15) is 0 Å². The number of benzene rings is 1. The van der Waals surface area contributed by atoms with E-state index in [9.17, 15) is 14.4 Å². The molecule has 1 N–H and O–H groups in total. The number of fused-ring (bicyclic) bond motifs is 3. The molecule has 1 aliphatic rings. The second-order valence-electron chi connectivity index (χ2n) is 7.81. The molecule has 1 aliphatic carbocycles. The van der Waals surface area contributed by atoms with Gasteiger partial charge in [0.15, 0.2) is 0 Å². The first-order valence-electron chi connectivity index (χ1n) is 10.6. The van der Waals surface area contributed by atoms with Gasteiger partial charge in [0.25, 0.3) is 5.56 Å². The van der Waals surface area contributed by atoms with Crippen LogP contribution in [0.15, 0.2) is 35.4 Å². The summed E-state index contributed by atoms with van der Waals surface area (Å²) in [6.45, 7) is 0.200. The minimum absolute atomic E-state index is 0.0412. The van der Waals surface area contributed by atoms with E-state index in [-0.39, 0.29) is 30.9 Å². The fourth-order valence-corrected chi connectivity index (χ4v) is 5.56. The number of ether oxygens (including phenoxy) is 1. The van der Waals surface area contributed by atoms with Crippen molar-refractivity contribution in [2.24, 2.45) is 0 Å². The molecule has 0 aliphatic heterocycles. The van der Waals surface area contributed by atoms with Crippen LogP contribution in [0, 0.1) is 0 Å². The van der Waals surface area contributed by atoms with Gasteiger partial charge in [0.1, 0.15) is 4.83 Å². The van der Waals surface area contributed by atoms with E-state index >= 15 is 0 Å². The fraction of sp³-hybridized carbons (Fsp3) is 0.391. The third kappa shape index (κ3) is 4.71. The Morgan fingerprint density at radius 3 is 2.84 bits per heavy atom. The maximum absolute atomic E-state index is 13.1. The summed E-state index contributed by atoms with van der Waals surface area (Å²) in [4.78, 5) is 44.1. The van der Waals surface area contributed by atoms with Gasteiger partial charge < -0.3 is 10.1 Å². The van der Waals surface area contributed by atoms with E-state index in [1.165, 1.54) is 22.9 Å². The van der Waals surface area contributed by atoms with Gasteiger partial charge in [-0.15, -0.1) is 11.3 Å². The van der Waals surface area contributed by atoms with E-state index in [0.717, 1.165) is 36.1 Å². The monoisotopic (exact) mass is 473 g/mol. The Balaban J connectivity index is 1.49. The molecule has 2 aromatic heterocycles. The number of amides is 1. The average molecular weight is 474 g/mol. The van der Waals surface area contributed by atoms with E-state index in [4.69, 9.17) is 16.3 Å². The van der Waals surface area contributed by atoms with Crippen molar-refractivity contribution in [2.45, 2.75) is 51.1 Å². The minimum Gasteiger partial charge on any atom is -0.469 e. The number of thiophene rings is 1. The number of hydrogen-bond donors (Lipinski definition) is 1. The van der Waals surface area contributed by atoms with Crippen molar-refractivity contribution >= 4 is 45.0 Å². The molecular weight excluding hydrogens is 450 g/mol. The molecule has 32 heavy (non-hydrogen) atoms. The molecular formula is C23H24ClN3O4S. The summed E-state index contributed by atoms with van der Waals surface area (Å²) in [5.74, 6) is -0.749. The topological polar surface area (TPSA) is 90.3 Å². The Morgan fingerprint density at radius 2 is 2.06 bits per heavy atom. The molecule has 1 unspecified atom stereocenters. The molecule has 9 heteroatoms. The number of carbonyl (C=O) groups excluding carboxylic acids is 2. The molecule has 0 saturated heterocycles. The maximum Gasteiger partial charge on any atom is 0.307 e. The summed E-state index contributed by atoms with van der Waals surface area (Å²) in [6.07, 6.45) is 5.68. The van der Waals surface area contributed by atoms with Crippen LogP contribution < -0.4 is 10.9 Å². The quantitative estimate of drug-likeness (QED) is 0.527. The second-order valence-corrected chi connectivity index (χ2v) is 9.30. The summed E-state index contributed by atoms with van der Waals surface area (Å²) >= 11 is 7.87. The molecule has 3 aromatic rings. The number of halogens is 1. The van der Waals surface area contributed by atoms with Crippen molar-refractivity contribution in [1.29, 1.82) is 0 Å². The molecule has 4 rings (SSSR count). The van der Waals surface area contributed by atoms with Crippen molar-refractivity contribution in [1.82, 2.24) is 14.9 Å². The van der Waals surface area contributed by atoms with Crippen LogP contribution >= 0.6 is 22.9 Å². The van der Waals surface area contributed by atoms with Crippen molar-refractivity contribution in [3.8, 4) is 0 Å². The zero-order valence-electron chi connectivity index (χ0n) is 17.7. The number of methoxy groups -OCH3 is 1. The number of aryl methyl sites for hydroxylation is 3. The third-order valence-electron chi connectivity index (χ3n) is 5.74. The molecule has 1 atom stereocenters. The highest BCUT2D eigenvalue weighted by atomic mass is 35.5. The van der Waals surface area contributed by atoms with Crippen molar-refractivity contribution < 1.29 is 14.3 Å². The lowest BCUT2D eigenvalue weighted by molar-refractivity contribution is -0.141. The van der Waals surface area contributed by atoms with Crippen molar-refractivity contribution in [3.05, 3.63) is 62.0 Å². The lowest BCUT2D eigenvalue weighted by atomic mass is 9.97. The normalized spacial score (nSPS) is 14.1. The first kappa shape index (κ1) is 22.5. The predicted octanol–water partition coefficient (Wildman–Crippen LogP) is 3.80. The molecule has 0 saturated carbocycles.